The van der Waals surface area contributed by atoms with E-state index in [4.69, 9.17) is 16.4 Å². The average Bonchev–Trinajstić information content (AvgIpc) is 3.11. The second kappa shape index (κ2) is 4.94. The first-order chi connectivity index (χ1) is 8.17. The van der Waals surface area contributed by atoms with Gasteiger partial charge in [-0.1, -0.05) is 23.7 Å². The van der Waals surface area contributed by atoms with E-state index in [1.807, 2.05) is 26.0 Å². The molecule has 0 aliphatic carbocycles. The highest BCUT2D eigenvalue weighted by Crippen LogP contribution is 2.38. The lowest BCUT2D eigenvalue weighted by Crippen LogP contribution is -2.34. The number of carbonyl (C=O) groups is 1. The highest BCUT2D eigenvalue weighted by Gasteiger charge is 2.44. The lowest BCUT2D eigenvalue weighted by molar-refractivity contribution is 0.142. The van der Waals surface area contributed by atoms with E-state index < -0.39 is 0 Å². The van der Waals surface area contributed by atoms with Gasteiger partial charge in [0.25, 0.3) is 0 Å². The van der Waals surface area contributed by atoms with Crippen LogP contribution >= 0.6 is 11.6 Å². The summed E-state index contributed by atoms with van der Waals surface area (Å²) in [5.74, 6) is 0. The maximum Gasteiger partial charge on any atom is 0.346 e. The Morgan fingerprint density at radius 3 is 2.47 bits per heavy atom. The van der Waals surface area contributed by atoms with E-state index in [0.29, 0.717) is 18.1 Å². The van der Waals surface area contributed by atoms with Gasteiger partial charge in [-0.3, -0.25) is 0 Å². The molecule has 2 rings (SSSR count). The summed E-state index contributed by atoms with van der Waals surface area (Å²) in [4.78, 5) is 18.9. The molecule has 0 bridgehead atoms. The highest BCUT2D eigenvalue weighted by atomic mass is 35.5. The zero-order valence-corrected chi connectivity index (χ0v) is 10.6. The van der Waals surface area contributed by atoms with Crippen LogP contribution in [0.4, 0.5) is 4.79 Å². The number of carbonyl (C=O) groups excluding carboxylic acids is 1. The van der Waals surface area contributed by atoms with Crippen LogP contribution in [0.2, 0.25) is 5.02 Å². The van der Waals surface area contributed by atoms with Crippen molar-refractivity contribution in [1.29, 1.82) is 0 Å². The molecule has 0 N–H and O–H groups in total. The first-order valence-electron chi connectivity index (χ1n) is 5.67. The van der Waals surface area contributed by atoms with Crippen LogP contribution in [0.1, 0.15) is 25.6 Å². The molecule has 92 valence electrons. The lowest BCUT2D eigenvalue weighted by Gasteiger charge is -2.17. The zero-order valence-electron chi connectivity index (χ0n) is 9.89. The smallest absolute Gasteiger partial charge is 0.323 e. The third kappa shape index (κ3) is 2.53. The fraction of sp³-hybridized carbons (Fsp3) is 0.417. The van der Waals surface area contributed by atoms with Gasteiger partial charge in [0, 0.05) is 23.7 Å². The number of nitrogens with zero attached hydrogens (tertiary/aromatic N) is 2. The van der Waals surface area contributed by atoms with Crippen LogP contribution in [0, 0.1) is 0 Å². The summed E-state index contributed by atoms with van der Waals surface area (Å²) in [6.45, 7) is 5.26. The number of halogens is 1. The van der Waals surface area contributed by atoms with Crippen molar-refractivity contribution in [3.05, 3.63) is 34.9 Å². The molecule has 4 nitrogen and oxygen atoms in total. The fourth-order valence-electron chi connectivity index (χ4n) is 1.68. The molecule has 1 fully saturated rings. The molecule has 1 saturated heterocycles. The summed E-state index contributed by atoms with van der Waals surface area (Å²) in [5.41, 5.74) is 0.940. The van der Waals surface area contributed by atoms with Crippen LogP contribution in [0.25, 0.3) is 0 Å². The van der Waals surface area contributed by atoms with Crippen molar-refractivity contribution in [1.82, 2.24) is 9.96 Å². The molecule has 1 aromatic carbocycles. The maximum atomic E-state index is 11.9. The van der Waals surface area contributed by atoms with Crippen LogP contribution in [0.15, 0.2) is 24.3 Å². The number of hydrogen-bond donors (Lipinski definition) is 0. The quantitative estimate of drug-likeness (QED) is 0.778. The predicted molar refractivity (Wildman–Crippen MR) is 65.4 cm³/mol. The molecule has 17 heavy (non-hydrogen) atoms. The molecule has 2 amide bonds. The summed E-state index contributed by atoms with van der Waals surface area (Å²) < 4.78 is 0. The first-order valence-corrected chi connectivity index (χ1v) is 6.05. The number of amides is 2. The average molecular weight is 255 g/mol. The van der Waals surface area contributed by atoms with Gasteiger partial charge in [0.05, 0.1) is 0 Å². The van der Waals surface area contributed by atoms with Crippen LogP contribution in [-0.2, 0) is 4.84 Å². The molecular weight excluding hydrogens is 240 g/mol. The predicted octanol–water partition coefficient (Wildman–Crippen LogP) is 3.05. The van der Waals surface area contributed by atoms with E-state index in [-0.39, 0.29) is 12.3 Å². The molecule has 0 radical (unpaired) electrons. The van der Waals surface area contributed by atoms with E-state index in [2.05, 4.69) is 0 Å². The fourth-order valence-corrected chi connectivity index (χ4v) is 1.81. The number of rotatable bonds is 3. The Hall–Kier alpha value is -1.26. The topological polar surface area (TPSA) is 35.9 Å². The third-order valence-corrected chi connectivity index (χ3v) is 3.01. The van der Waals surface area contributed by atoms with Crippen molar-refractivity contribution in [2.45, 2.75) is 20.1 Å². The summed E-state index contributed by atoms with van der Waals surface area (Å²) in [5, 5.41) is 2.06. The van der Waals surface area contributed by atoms with Crippen molar-refractivity contribution >= 4 is 17.6 Å². The second-order valence-corrected chi connectivity index (χ2v) is 4.23. The normalized spacial score (nSPS) is 18.1. The Labute approximate surface area is 106 Å². The van der Waals surface area contributed by atoms with Crippen molar-refractivity contribution in [3.8, 4) is 0 Å². The lowest BCUT2D eigenvalue weighted by atomic mass is 10.2. The second-order valence-electron chi connectivity index (χ2n) is 3.79. The Morgan fingerprint density at radius 2 is 1.94 bits per heavy atom. The van der Waals surface area contributed by atoms with Crippen molar-refractivity contribution in [2.24, 2.45) is 0 Å². The monoisotopic (exact) mass is 254 g/mol. The van der Waals surface area contributed by atoms with Gasteiger partial charge in [-0.05, 0) is 26.0 Å². The zero-order chi connectivity index (χ0) is 12.4. The minimum atomic E-state index is -0.264. The molecule has 0 spiro atoms. The van der Waals surface area contributed by atoms with E-state index >= 15 is 0 Å². The van der Waals surface area contributed by atoms with Gasteiger partial charge in [-0.25, -0.2) is 9.63 Å². The summed E-state index contributed by atoms with van der Waals surface area (Å²) in [7, 11) is 0. The van der Waals surface area contributed by atoms with Gasteiger partial charge in [0.1, 0.15) is 0 Å². The Kier molecular flexibility index (Phi) is 3.54. The van der Waals surface area contributed by atoms with Gasteiger partial charge in [0.2, 0.25) is 6.23 Å². The van der Waals surface area contributed by atoms with Gasteiger partial charge >= 0.3 is 6.03 Å². The van der Waals surface area contributed by atoms with Crippen molar-refractivity contribution in [2.75, 3.05) is 13.1 Å². The molecule has 0 saturated carbocycles. The van der Waals surface area contributed by atoms with Gasteiger partial charge < -0.3 is 4.90 Å². The number of urea groups is 1. The molecule has 0 aromatic heterocycles. The standard InChI is InChI=1S/C12H15ClN2O2/c1-3-14(4-2)12(16)15-11(17-15)9-5-7-10(13)8-6-9/h5-8,11H,3-4H2,1-2H3. The van der Waals surface area contributed by atoms with Crippen molar-refractivity contribution in [3.63, 3.8) is 0 Å². The summed E-state index contributed by atoms with van der Waals surface area (Å²) in [6, 6.07) is 7.22. The van der Waals surface area contributed by atoms with Crippen LogP contribution in [0.3, 0.4) is 0 Å². The van der Waals surface area contributed by atoms with E-state index in [9.17, 15) is 4.79 Å². The highest BCUT2D eigenvalue weighted by molar-refractivity contribution is 6.30. The minimum absolute atomic E-state index is 0.0880. The molecule has 1 atom stereocenters. The molecule has 1 unspecified atom stereocenters. The number of hydrogen-bond acceptors (Lipinski definition) is 2. The Balaban J connectivity index is 2.00. The molecule has 1 heterocycles. The summed E-state index contributed by atoms with van der Waals surface area (Å²) >= 11 is 5.80. The van der Waals surface area contributed by atoms with Gasteiger partial charge in [0.15, 0.2) is 0 Å². The maximum absolute atomic E-state index is 11.9. The van der Waals surface area contributed by atoms with Gasteiger partial charge in [-0.2, -0.15) is 5.06 Å². The van der Waals surface area contributed by atoms with Gasteiger partial charge in [-0.15, -0.1) is 0 Å². The molecule has 1 aliphatic heterocycles. The van der Waals surface area contributed by atoms with E-state index in [0.717, 1.165) is 5.56 Å². The molecule has 5 heteroatoms. The van der Waals surface area contributed by atoms with Crippen LogP contribution in [0.5, 0.6) is 0 Å². The van der Waals surface area contributed by atoms with Crippen molar-refractivity contribution < 1.29 is 9.63 Å². The van der Waals surface area contributed by atoms with Crippen LogP contribution in [-0.4, -0.2) is 29.1 Å². The first kappa shape index (κ1) is 12.2. The minimum Gasteiger partial charge on any atom is -0.323 e. The Morgan fingerprint density at radius 1 is 1.35 bits per heavy atom. The van der Waals surface area contributed by atoms with E-state index in [1.54, 1.807) is 17.0 Å². The number of hydroxylamine groups is 2. The number of benzene rings is 1. The SMILES string of the molecule is CCN(CC)C(=O)N1OC1c1ccc(Cl)cc1. The third-order valence-electron chi connectivity index (χ3n) is 2.76. The largest absolute Gasteiger partial charge is 0.346 e. The summed E-state index contributed by atoms with van der Waals surface area (Å²) in [6.07, 6.45) is -0.264. The Bertz CT molecular complexity index is 403. The molecular formula is C12H15ClN2O2. The van der Waals surface area contributed by atoms with Crippen LogP contribution < -0.4 is 0 Å². The molecule has 1 aromatic rings. The van der Waals surface area contributed by atoms with E-state index in [1.165, 1.54) is 5.06 Å². The molecule has 1 aliphatic rings.